The van der Waals surface area contributed by atoms with Gasteiger partial charge in [-0.25, -0.2) is 66.2 Å². The highest BCUT2D eigenvalue weighted by molar-refractivity contribution is 6.09. The van der Waals surface area contributed by atoms with Gasteiger partial charge in [-0.3, -0.25) is 72.3 Å². The first-order valence-electron chi connectivity index (χ1n) is 45.0. The van der Waals surface area contributed by atoms with Crippen molar-refractivity contribution in [2.45, 2.75) is 91.7 Å². The number of urea groups is 2. The number of nitrogens with zero attached hydrogens (tertiary/aromatic N) is 12. The molecule has 10 heterocycles. The summed E-state index contributed by atoms with van der Waals surface area (Å²) in [6, 6.07) is 65.4. The van der Waals surface area contributed by atoms with Crippen LogP contribution in [0.15, 0.2) is 243 Å². The third-order valence-electron chi connectivity index (χ3n) is 24.5. The fourth-order valence-electron chi connectivity index (χ4n) is 17.2. The monoisotopic (exact) mass is 1960 g/mol. The highest BCUT2D eigenvalue weighted by atomic mass is 19.1. The van der Waals surface area contributed by atoms with Crippen LogP contribution >= 0.6 is 0 Å². The summed E-state index contributed by atoms with van der Waals surface area (Å²) in [5.74, 6) is -6.34. The first kappa shape index (κ1) is 99.4. The summed E-state index contributed by atoms with van der Waals surface area (Å²) < 4.78 is 71.6. The predicted molar refractivity (Wildman–Crippen MR) is 521 cm³/mol. The molecule has 0 bridgehead atoms. The SMILES string of the molecule is CC1(C)CC(=O)N(Cc2ccc3c(-c4ccc(F)cc4)cc(C#N)nc3c2)C(=O)C1.CC1(C)OC(=O)N(Cc2ccc3c(-c4ccc(F)cc4)cc(C(N)=O)nc3c2)C1=O.CN1CC(=O)N(Cc2ccc3c(-c4ccc(F)cc4)cc(C(N)=O)nc3c2)C1=O.NC(=O)c1cc(-c2ccc(F)cc2)c2ccc(CN3C(=O)CCC3=O)cc2n1.NC(=O)c1cc(-c2ccc(F)cc2)c2ccc(CN3C(=O)CNC3=O)cc2n1. The Bertz CT molecular complexity index is 7760. The van der Waals surface area contributed by atoms with Gasteiger partial charge >= 0.3 is 18.2 Å². The van der Waals surface area contributed by atoms with Gasteiger partial charge in [-0.05, 0) is 224 Å². The lowest BCUT2D eigenvalue weighted by Gasteiger charge is -2.34. The van der Waals surface area contributed by atoms with Crippen LogP contribution in [0.3, 0.4) is 0 Å². The van der Waals surface area contributed by atoms with Crippen molar-refractivity contribution in [3.05, 3.63) is 328 Å². The molecule has 20 rings (SSSR count). The molecule has 0 aliphatic carbocycles. The van der Waals surface area contributed by atoms with Gasteiger partial charge in [0.2, 0.25) is 29.5 Å². The summed E-state index contributed by atoms with van der Waals surface area (Å²) >= 11 is 0. The van der Waals surface area contributed by atoms with Gasteiger partial charge in [-0.2, -0.15) is 5.26 Å². The number of primary amides is 4. The van der Waals surface area contributed by atoms with Crippen molar-refractivity contribution in [2.75, 3.05) is 20.1 Å². The molecule has 5 saturated heterocycles. The van der Waals surface area contributed by atoms with E-state index in [0.29, 0.717) is 107 Å². The summed E-state index contributed by atoms with van der Waals surface area (Å²) in [5, 5.41) is 15.6. The second kappa shape index (κ2) is 41.0. The third kappa shape index (κ3) is 22.2. The standard InChI is InChI=1S/C24H20FN3O2.C22H18FN3O4.C21H17FN4O3.C21H16FN3O3.C20H15FN4O3/c1-24(2)11-22(29)28(23(30)12-24)14-15-3-8-19-20(16-4-6-17(25)7-5-16)10-18(13-26)27-21(19)9-15;1-22(2)20(28)26(21(29)30-22)11-12-3-8-15-16(13-4-6-14(23)7-5-13)10-18(19(24)27)25-17(15)9-12;1-25-11-19(27)26(21(25)29)10-12-2-7-15-16(13-3-5-14(22)6-4-13)9-18(20(23)28)24-17(15)8-12;22-14-4-2-13(3-5-14)16-10-18(21(23)28)24-17-9-12(1-6-15(16)17)11-25-19(26)7-8-20(25)27;21-13-4-2-12(3-5-13)15-8-17(19(22)27)24-16-7-11(1-6-14(15)16)10-25-18(26)9-23-20(25)28/h3-10H,11-12,14H2,1-2H3;3-10H,11H2,1-2H3,(H2,24,27);2-9H,10-11H2,1H3,(H2,23,28);1-6,9-10H,7-8,11H2,(H2,23,28);1-8H,9-10H2,(H2,22,27)(H,23,28). The topological polar surface area (TPSA) is 472 Å². The number of benzene rings is 10. The number of cyclic esters (lactones) is 1. The Morgan fingerprint density at radius 3 is 0.910 bits per heavy atom. The molecule has 9 N–H and O–H groups in total. The van der Waals surface area contributed by atoms with E-state index >= 15 is 0 Å². The van der Waals surface area contributed by atoms with E-state index in [4.69, 9.17) is 27.7 Å². The van der Waals surface area contributed by atoms with Gasteiger partial charge in [0.1, 0.15) is 70.2 Å². The lowest BCUT2D eigenvalue weighted by atomic mass is 9.81. The molecule has 5 aromatic heterocycles. The normalized spacial score (nSPS) is 14.7. The van der Waals surface area contributed by atoms with E-state index in [0.717, 1.165) is 53.6 Å². The van der Waals surface area contributed by atoms with Gasteiger partial charge in [-0.1, -0.05) is 135 Å². The predicted octanol–water partition coefficient (Wildman–Crippen LogP) is 15.5. The lowest BCUT2D eigenvalue weighted by Crippen LogP contribution is -2.45. The Morgan fingerprint density at radius 2 is 0.641 bits per heavy atom. The maximum Gasteiger partial charge on any atom is 0.418 e. The van der Waals surface area contributed by atoms with E-state index in [1.54, 1.807) is 171 Å². The summed E-state index contributed by atoms with van der Waals surface area (Å²) in [7, 11) is 1.57. The van der Waals surface area contributed by atoms with E-state index in [1.165, 1.54) is 94.1 Å². The Morgan fingerprint density at radius 1 is 0.359 bits per heavy atom. The molecule has 32 nitrogen and oxygen atoms in total. The Kier molecular flexibility index (Phi) is 28.1. The summed E-state index contributed by atoms with van der Waals surface area (Å²) in [6.45, 7) is 7.45. The average molecular weight is 1960 g/mol. The number of hydrogen-bond acceptors (Lipinski definition) is 21. The van der Waals surface area contributed by atoms with Crippen LogP contribution in [-0.2, 0) is 71.0 Å². The molecule has 15 aromatic rings. The van der Waals surface area contributed by atoms with Crippen molar-refractivity contribution < 1.29 is 93.8 Å². The summed E-state index contributed by atoms with van der Waals surface area (Å²) in [5.41, 5.74) is 33.8. The molecular formula is C108H86F5N17O15. The fraction of sp³-hybridized carbons (Fsp3) is 0.167. The van der Waals surface area contributed by atoms with Crippen molar-refractivity contribution in [2.24, 2.45) is 28.3 Å². The number of rotatable bonds is 19. The van der Waals surface area contributed by atoms with Crippen molar-refractivity contribution >= 4 is 138 Å². The van der Waals surface area contributed by atoms with Crippen LogP contribution in [0.1, 0.15) is 129 Å². The minimum Gasteiger partial charge on any atom is -0.433 e. The molecule has 145 heavy (non-hydrogen) atoms. The van der Waals surface area contributed by atoms with Gasteiger partial charge in [0.25, 0.3) is 35.4 Å². The van der Waals surface area contributed by atoms with Crippen LogP contribution in [0.5, 0.6) is 0 Å². The van der Waals surface area contributed by atoms with E-state index in [1.807, 2.05) is 32.0 Å². The number of nitriles is 1. The number of imide groups is 5. The highest BCUT2D eigenvalue weighted by Crippen LogP contribution is 2.39. The number of pyridine rings is 5. The van der Waals surface area contributed by atoms with Crippen LogP contribution < -0.4 is 28.3 Å². The van der Waals surface area contributed by atoms with Crippen LogP contribution in [0.2, 0.25) is 0 Å². The van der Waals surface area contributed by atoms with Crippen LogP contribution in [0.25, 0.3) is 110 Å². The van der Waals surface area contributed by atoms with Gasteiger partial charge < -0.3 is 37.9 Å². The Hall–Kier alpha value is -18.6. The maximum absolute atomic E-state index is 13.3. The van der Waals surface area contributed by atoms with E-state index in [9.17, 15) is 94.3 Å². The highest BCUT2D eigenvalue weighted by Gasteiger charge is 2.47. The van der Waals surface area contributed by atoms with Gasteiger partial charge in [0, 0.05) is 59.7 Å². The molecule has 0 spiro atoms. The molecular weight excluding hydrogens is 1870 g/mol. The Labute approximate surface area is 822 Å². The number of hydrogen-bond donors (Lipinski definition) is 5. The van der Waals surface area contributed by atoms with E-state index in [2.05, 4.69) is 36.3 Å². The quantitative estimate of drug-likeness (QED) is 0.0285. The lowest BCUT2D eigenvalue weighted by molar-refractivity contribution is -0.153. The molecule has 0 unspecified atom stereocenters. The first-order valence-corrected chi connectivity index (χ1v) is 45.0. The molecule has 16 amide bonds. The molecule has 728 valence electrons. The number of likely N-dealkylation sites (tertiary alicyclic amines) is 2. The van der Waals surface area contributed by atoms with Crippen LogP contribution in [0, 0.1) is 45.8 Å². The number of fused-ring (bicyclic) bond motifs is 5. The van der Waals surface area contributed by atoms with E-state index < -0.39 is 47.3 Å². The van der Waals surface area contributed by atoms with Crippen LogP contribution in [-0.4, -0.2) is 163 Å². The number of aromatic nitrogens is 5. The third-order valence-corrected chi connectivity index (χ3v) is 24.5. The van der Waals surface area contributed by atoms with Crippen molar-refractivity contribution in [1.29, 1.82) is 5.26 Å². The number of amides is 16. The smallest absolute Gasteiger partial charge is 0.418 e. The van der Waals surface area contributed by atoms with Crippen molar-refractivity contribution in [3.8, 4) is 61.7 Å². The van der Waals surface area contributed by atoms with E-state index in [-0.39, 0.29) is 163 Å². The zero-order valence-corrected chi connectivity index (χ0v) is 78.1. The van der Waals surface area contributed by atoms with Crippen molar-refractivity contribution in [3.63, 3.8) is 0 Å². The van der Waals surface area contributed by atoms with Gasteiger partial charge in [0.15, 0.2) is 5.60 Å². The number of carbonyl (C=O) groups excluding carboxylic acids is 14. The molecule has 5 fully saturated rings. The molecule has 0 saturated carbocycles. The Balaban J connectivity index is 0.000000130. The summed E-state index contributed by atoms with van der Waals surface area (Å²) in [4.78, 5) is 197. The second-order valence-corrected chi connectivity index (χ2v) is 35.9. The minimum absolute atomic E-state index is 0.00535. The zero-order chi connectivity index (χ0) is 103. The van der Waals surface area contributed by atoms with Gasteiger partial charge in [-0.15, -0.1) is 0 Å². The molecule has 5 aliphatic rings. The largest absolute Gasteiger partial charge is 0.433 e. The molecule has 0 atom stereocenters. The first-order chi connectivity index (χ1) is 69.1. The van der Waals surface area contributed by atoms with Crippen molar-refractivity contribution in [1.82, 2.24) is 59.6 Å². The van der Waals surface area contributed by atoms with Crippen LogP contribution in [0.4, 0.5) is 36.3 Å². The molecule has 37 heteroatoms. The molecule has 10 aromatic carbocycles. The second-order valence-electron chi connectivity index (χ2n) is 35.9. The minimum atomic E-state index is -1.21. The summed E-state index contributed by atoms with van der Waals surface area (Å²) in [6.07, 6.45) is 0.405. The number of nitrogens with two attached hydrogens (primary N) is 4. The van der Waals surface area contributed by atoms with Gasteiger partial charge in [0.05, 0.1) is 66.9 Å². The number of likely N-dealkylation sites (N-methyl/N-ethyl adjacent to an activating group) is 1. The average Bonchev–Trinajstić information content (AvgIpc) is 1.54. The maximum atomic E-state index is 13.3. The number of nitrogens with one attached hydrogen (secondary N) is 1. The molecule has 0 radical (unpaired) electrons. The zero-order valence-electron chi connectivity index (χ0n) is 78.1. The number of ether oxygens (including phenoxy) is 1. The number of carbonyl (C=O) groups is 14. The number of piperidine rings is 1. The molecule has 5 aliphatic heterocycles. The number of halogens is 5. The fourth-order valence-corrected chi connectivity index (χ4v) is 17.2.